The molecule has 3 rings (SSSR count). The van der Waals surface area contributed by atoms with Crippen molar-refractivity contribution in [2.75, 3.05) is 40.3 Å². The zero-order valence-corrected chi connectivity index (χ0v) is 17.8. The van der Waals surface area contributed by atoms with Crippen LogP contribution in [0.5, 0.6) is 5.75 Å². The number of likely N-dealkylation sites (tertiary alicyclic amines) is 1. The fourth-order valence-corrected chi connectivity index (χ4v) is 4.30. The summed E-state index contributed by atoms with van der Waals surface area (Å²) >= 11 is 1.86. The summed E-state index contributed by atoms with van der Waals surface area (Å²) in [6.07, 6.45) is 3.47. The molecule has 1 aliphatic heterocycles. The molecule has 0 aliphatic carbocycles. The summed E-state index contributed by atoms with van der Waals surface area (Å²) in [6.45, 7) is 5.34. The van der Waals surface area contributed by atoms with Gasteiger partial charge >= 0.3 is 0 Å². The molecule has 2 heterocycles. The Morgan fingerprint density at radius 1 is 1.18 bits per heavy atom. The summed E-state index contributed by atoms with van der Waals surface area (Å²) in [6, 6.07) is 12.6. The number of aliphatic imine (C=N–C) groups is 1. The maximum atomic E-state index is 5.20. The molecular formula is C22H32N4OS. The van der Waals surface area contributed by atoms with Crippen molar-refractivity contribution in [3.05, 3.63) is 52.2 Å². The van der Waals surface area contributed by atoms with Crippen LogP contribution in [0, 0.1) is 5.92 Å². The van der Waals surface area contributed by atoms with Crippen LogP contribution < -0.4 is 15.4 Å². The van der Waals surface area contributed by atoms with E-state index in [1.807, 2.05) is 30.5 Å². The van der Waals surface area contributed by atoms with Gasteiger partial charge in [0, 0.05) is 31.6 Å². The number of hydrogen-bond acceptors (Lipinski definition) is 4. The average molecular weight is 401 g/mol. The Hall–Kier alpha value is -2.05. The van der Waals surface area contributed by atoms with Crippen LogP contribution in [0.2, 0.25) is 0 Å². The first-order chi connectivity index (χ1) is 13.8. The largest absolute Gasteiger partial charge is 0.497 e. The lowest BCUT2D eigenvalue weighted by molar-refractivity contribution is 0.179. The number of nitrogens with zero attached hydrogens (tertiary/aromatic N) is 2. The summed E-state index contributed by atoms with van der Waals surface area (Å²) in [5.74, 6) is 2.52. The highest BCUT2D eigenvalue weighted by molar-refractivity contribution is 7.09. The standard InChI is InChI=1S/C22H32N4OS/c1-23-22(24-12-9-18-5-7-20(27-2)8-6-18)25-16-19-10-13-26(14-11-19)17-21-4-3-15-28-21/h3-8,15,19H,9-14,16-17H2,1-2H3,(H2,23,24,25). The van der Waals surface area contributed by atoms with Crippen LogP contribution in [-0.2, 0) is 13.0 Å². The third-order valence-electron chi connectivity index (χ3n) is 5.31. The zero-order valence-electron chi connectivity index (χ0n) is 17.0. The SMILES string of the molecule is CN=C(NCCc1ccc(OC)cc1)NCC1CCN(Cc2cccs2)CC1. The summed E-state index contributed by atoms with van der Waals surface area (Å²) < 4.78 is 5.20. The molecule has 0 saturated carbocycles. The lowest BCUT2D eigenvalue weighted by Gasteiger charge is -2.32. The average Bonchev–Trinajstić information content (AvgIpc) is 3.25. The Balaban J connectivity index is 1.31. The molecule has 6 heteroatoms. The number of hydrogen-bond donors (Lipinski definition) is 2. The molecule has 1 aliphatic rings. The van der Waals surface area contributed by atoms with Crippen LogP contribution in [0.1, 0.15) is 23.3 Å². The summed E-state index contributed by atoms with van der Waals surface area (Å²) in [7, 11) is 3.53. The lowest BCUT2D eigenvalue weighted by Crippen LogP contribution is -2.43. The molecule has 5 nitrogen and oxygen atoms in total. The highest BCUT2D eigenvalue weighted by Crippen LogP contribution is 2.20. The number of thiophene rings is 1. The first kappa shape index (κ1) is 20.7. The summed E-state index contributed by atoms with van der Waals surface area (Å²) in [5.41, 5.74) is 1.29. The minimum atomic E-state index is 0.722. The van der Waals surface area contributed by atoms with E-state index in [0.29, 0.717) is 0 Å². The van der Waals surface area contributed by atoms with Gasteiger partial charge in [0.25, 0.3) is 0 Å². The predicted molar refractivity (Wildman–Crippen MR) is 118 cm³/mol. The van der Waals surface area contributed by atoms with E-state index in [4.69, 9.17) is 4.74 Å². The number of benzene rings is 1. The normalized spacial score (nSPS) is 16.1. The van der Waals surface area contributed by atoms with Crippen molar-refractivity contribution in [3.8, 4) is 5.75 Å². The number of methoxy groups -OCH3 is 1. The van der Waals surface area contributed by atoms with E-state index in [1.165, 1.54) is 36.4 Å². The van der Waals surface area contributed by atoms with Crippen molar-refractivity contribution in [3.63, 3.8) is 0 Å². The molecule has 2 aromatic rings. The highest BCUT2D eigenvalue weighted by Gasteiger charge is 2.19. The fraction of sp³-hybridized carbons (Fsp3) is 0.500. The number of guanidine groups is 1. The van der Waals surface area contributed by atoms with Gasteiger partial charge in [-0.25, -0.2) is 0 Å². The fourth-order valence-electron chi connectivity index (χ4n) is 3.55. The number of rotatable bonds is 8. The van der Waals surface area contributed by atoms with Crippen LogP contribution in [0.3, 0.4) is 0 Å². The van der Waals surface area contributed by atoms with Gasteiger partial charge in [-0.1, -0.05) is 18.2 Å². The molecule has 0 spiro atoms. The molecule has 28 heavy (non-hydrogen) atoms. The Morgan fingerprint density at radius 3 is 2.61 bits per heavy atom. The minimum Gasteiger partial charge on any atom is -0.497 e. The van der Waals surface area contributed by atoms with E-state index in [0.717, 1.165) is 43.7 Å². The lowest BCUT2D eigenvalue weighted by atomic mass is 9.97. The van der Waals surface area contributed by atoms with E-state index >= 15 is 0 Å². The van der Waals surface area contributed by atoms with Gasteiger partial charge in [-0.3, -0.25) is 9.89 Å². The molecule has 0 atom stereocenters. The van der Waals surface area contributed by atoms with E-state index in [-0.39, 0.29) is 0 Å². The third-order valence-corrected chi connectivity index (χ3v) is 6.17. The Labute approximate surface area is 172 Å². The van der Waals surface area contributed by atoms with Crippen LogP contribution in [-0.4, -0.2) is 51.2 Å². The van der Waals surface area contributed by atoms with Crippen molar-refractivity contribution in [2.45, 2.75) is 25.8 Å². The monoisotopic (exact) mass is 400 g/mol. The molecule has 0 amide bonds. The van der Waals surface area contributed by atoms with Crippen molar-refractivity contribution >= 4 is 17.3 Å². The Bertz CT molecular complexity index is 707. The van der Waals surface area contributed by atoms with Crippen LogP contribution in [0.15, 0.2) is 46.8 Å². The van der Waals surface area contributed by atoms with E-state index in [1.54, 1.807) is 7.11 Å². The second kappa shape index (κ2) is 11.1. The molecule has 152 valence electrons. The molecule has 0 unspecified atom stereocenters. The highest BCUT2D eigenvalue weighted by atomic mass is 32.1. The van der Waals surface area contributed by atoms with Gasteiger partial charge in [0.05, 0.1) is 7.11 Å². The number of piperidine rings is 1. The summed E-state index contributed by atoms with van der Waals surface area (Å²) in [4.78, 5) is 8.41. The van der Waals surface area contributed by atoms with E-state index in [9.17, 15) is 0 Å². The predicted octanol–water partition coefficient (Wildman–Crippen LogP) is 3.38. The van der Waals surface area contributed by atoms with Crippen molar-refractivity contribution in [1.82, 2.24) is 15.5 Å². The molecule has 0 bridgehead atoms. The molecule has 0 radical (unpaired) electrons. The molecule has 1 saturated heterocycles. The molecule has 2 N–H and O–H groups in total. The van der Waals surface area contributed by atoms with Gasteiger partial charge in [0.2, 0.25) is 0 Å². The zero-order chi connectivity index (χ0) is 19.6. The van der Waals surface area contributed by atoms with Crippen molar-refractivity contribution in [2.24, 2.45) is 10.9 Å². The van der Waals surface area contributed by atoms with Crippen LogP contribution in [0.25, 0.3) is 0 Å². The topological polar surface area (TPSA) is 48.9 Å². The maximum absolute atomic E-state index is 5.20. The molecule has 1 aromatic heterocycles. The van der Waals surface area contributed by atoms with Gasteiger partial charge in [-0.05, 0) is 67.4 Å². The van der Waals surface area contributed by atoms with Gasteiger partial charge in [-0.15, -0.1) is 11.3 Å². The minimum absolute atomic E-state index is 0.722. The molecular weight excluding hydrogens is 368 g/mol. The first-order valence-electron chi connectivity index (χ1n) is 10.1. The Morgan fingerprint density at radius 2 is 1.96 bits per heavy atom. The smallest absolute Gasteiger partial charge is 0.190 e. The third kappa shape index (κ3) is 6.53. The van der Waals surface area contributed by atoms with Crippen molar-refractivity contribution < 1.29 is 4.74 Å². The molecule has 1 aromatic carbocycles. The van der Waals surface area contributed by atoms with Gasteiger partial charge < -0.3 is 15.4 Å². The molecule has 1 fully saturated rings. The van der Waals surface area contributed by atoms with Crippen molar-refractivity contribution in [1.29, 1.82) is 0 Å². The summed E-state index contributed by atoms with van der Waals surface area (Å²) in [5, 5.41) is 9.10. The first-order valence-corrected chi connectivity index (χ1v) is 11.0. The Kier molecular flexibility index (Phi) is 8.18. The quantitative estimate of drug-likeness (QED) is 0.527. The van der Waals surface area contributed by atoms with Gasteiger partial charge in [0.15, 0.2) is 5.96 Å². The van der Waals surface area contributed by atoms with E-state index < -0.39 is 0 Å². The van der Waals surface area contributed by atoms with Crippen LogP contribution >= 0.6 is 11.3 Å². The van der Waals surface area contributed by atoms with Crippen LogP contribution in [0.4, 0.5) is 0 Å². The second-order valence-electron chi connectivity index (χ2n) is 7.28. The number of nitrogens with one attached hydrogen (secondary N) is 2. The van der Waals surface area contributed by atoms with Gasteiger partial charge in [0.1, 0.15) is 5.75 Å². The number of ether oxygens (including phenoxy) is 1. The van der Waals surface area contributed by atoms with Gasteiger partial charge in [-0.2, -0.15) is 0 Å². The second-order valence-corrected chi connectivity index (χ2v) is 8.31. The maximum Gasteiger partial charge on any atom is 0.190 e. The van der Waals surface area contributed by atoms with E-state index in [2.05, 4.69) is 50.2 Å².